The van der Waals surface area contributed by atoms with Gasteiger partial charge in [-0.2, -0.15) is 0 Å². The van der Waals surface area contributed by atoms with Gasteiger partial charge in [0.05, 0.1) is 4.90 Å². The van der Waals surface area contributed by atoms with Gasteiger partial charge in [0.2, 0.25) is 10.0 Å². The standard InChI is InChI=1S/C19H20FNO2S/c1-3-4-5-18(17-8-7-16(20)10-13(17)2)14-6-9-19-15(11-14)12-21-24(19,22)23/h5-11,21H,3-4,12H2,1-2H3. The number of unbranched alkanes of at least 4 members (excludes halogenated alkanes) is 1. The summed E-state index contributed by atoms with van der Waals surface area (Å²) < 4.78 is 39.8. The number of fused-ring (bicyclic) bond motifs is 1. The Bertz CT molecular complexity index is 917. The zero-order valence-electron chi connectivity index (χ0n) is 13.8. The van der Waals surface area contributed by atoms with Gasteiger partial charge in [-0.1, -0.05) is 31.6 Å². The third-order valence-electron chi connectivity index (χ3n) is 4.23. The summed E-state index contributed by atoms with van der Waals surface area (Å²) in [7, 11) is -3.36. The first kappa shape index (κ1) is 16.9. The third-order valence-corrected chi connectivity index (χ3v) is 5.73. The van der Waals surface area contributed by atoms with Crippen molar-refractivity contribution in [2.24, 2.45) is 0 Å². The van der Waals surface area contributed by atoms with Gasteiger partial charge in [-0.15, -0.1) is 0 Å². The molecule has 1 aliphatic rings. The average Bonchev–Trinajstić information content (AvgIpc) is 2.84. The van der Waals surface area contributed by atoms with Crippen LogP contribution in [0.3, 0.4) is 0 Å². The highest BCUT2D eigenvalue weighted by Gasteiger charge is 2.25. The predicted molar refractivity (Wildman–Crippen MR) is 93.6 cm³/mol. The first-order valence-corrected chi connectivity index (χ1v) is 9.50. The molecule has 0 saturated heterocycles. The van der Waals surface area contributed by atoms with Gasteiger partial charge in [-0.3, -0.25) is 0 Å². The molecule has 2 aromatic rings. The summed E-state index contributed by atoms with van der Waals surface area (Å²) in [5.41, 5.74) is 4.58. The molecule has 0 aromatic heterocycles. The Morgan fingerprint density at radius 1 is 1.25 bits per heavy atom. The minimum atomic E-state index is -3.36. The second-order valence-electron chi connectivity index (χ2n) is 6.01. The molecule has 2 aromatic carbocycles. The van der Waals surface area contributed by atoms with Crippen molar-refractivity contribution in [2.75, 3.05) is 0 Å². The molecule has 3 nitrogen and oxygen atoms in total. The number of allylic oxidation sites excluding steroid dienone is 1. The maximum absolute atomic E-state index is 13.4. The molecule has 1 aliphatic heterocycles. The van der Waals surface area contributed by atoms with E-state index in [1.165, 1.54) is 12.1 Å². The number of sulfonamides is 1. The zero-order valence-corrected chi connectivity index (χ0v) is 14.6. The quantitative estimate of drug-likeness (QED) is 0.904. The van der Waals surface area contributed by atoms with Crippen LogP contribution >= 0.6 is 0 Å². The van der Waals surface area contributed by atoms with Crippen LogP contribution in [0.1, 0.15) is 42.0 Å². The van der Waals surface area contributed by atoms with E-state index in [0.717, 1.165) is 40.7 Å². The van der Waals surface area contributed by atoms with Crippen molar-refractivity contribution >= 4 is 15.6 Å². The lowest BCUT2D eigenvalue weighted by molar-refractivity contribution is 0.589. The fourth-order valence-corrected chi connectivity index (χ4v) is 4.22. The van der Waals surface area contributed by atoms with Crippen molar-refractivity contribution in [3.8, 4) is 0 Å². The molecule has 0 bridgehead atoms. The second kappa shape index (κ2) is 6.49. The van der Waals surface area contributed by atoms with Crippen LogP contribution in [0, 0.1) is 12.7 Å². The number of aryl methyl sites for hydroxylation is 1. The van der Waals surface area contributed by atoms with Crippen LogP contribution in [0.15, 0.2) is 47.4 Å². The predicted octanol–water partition coefficient (Wildman–Crippen LogP) is 4.16. The second-order valence-corrected chi connectivity index (χ2v) is 7.75. The smallest absolute Gasteiger partial charge is 0.207 e. The number of benzene rings is 2. The van der Waals surface area contributed by atoms with Crippen molar-refractivity contribution in [3.05, 3.63) is 70.5 Å². The highest BCUT2D eigenvalue weighted by Crippen LogP contribution is 2.31. The molecule has 0 unspecified atom stereocenters. The Balaban J connectivity index is 2.11. The van der Waals surface area contributed by atoms with Crippen molar-refractivity contribution in [1.29, 1.82) is 0 Å². The Kier molecular flexibility index (Phi) is 4.56. The summed E-state index contributed by atoms with van der Waals surface area (Å²) >= 11 is 0. The summed E-state index contributed by atoms with van der Waals surface area (Å²) in [6, 6.07) is 10.2. The maximum atomic E-state index is 13.4. The number of nitrogens with one attached hydrogen (secondary N) is 1. The highest BCUT2D eigenvalue weighted by atomic mass is 32.2. The molecule has 1 heterocycles. The largest absolute Gasteiger partial charge is 0.241 e. The normalized spacial score (nSPS) is 16.2. The van der Waals surface area contributed by atoms with Crippen LogP contribution in [0.2, 0.25) is 0 Å². The van der Waals surface area contributed by atoms with Crippen molar-refractivity contribution in [3.63, 3.8) is 0 Å². The molecular weight excluding hydrogens is 325 g/mol. The Hall–Kier alpha value is -1.98. The van der Waals surface area contributed by atoms with E-state index in [1.807, 2.05) is 19.1 Å². The first-order chi connectivity index (χ1) is 11.4. The molecule has 0 saturated carbocycles. The number of hydrogen-bond acceptors (Lipinski definition) is 2. The van der Waals surface area contributed by atoms with Gasteiger partial charge < -0.3 is 0 Å². The van der Waals surface area contributed by atoms with E-state index in [9.17, 15) is 12.8 Å². The molecule has 0 atom stereocenters. The fraction of sp³-hybridized carbons (Fsp3) is 0.263. The van der Waals surface area contributed by atoms with Crippen LogP contribution in [0.4, 0.5) is 4.39 Å². The summed E-state index contributed by atoms with van der Waals surface area (Å²) in [5, 5.41) is 0. The Morgan fingerprint density at radius 3 is 2.75 bits per heavy atom. The van der Waals surface area contributed by atoms with E-state index in [0.29, 0.717) is 11.4 Å². The van der Waals surface area contributed by atoms with Crippen LogP contribution in [0.25, 0.3) is 5.57 Å². The average molecular weight is 345 g/mol. The van der Waals surface area contributed by atoms with Gasteiger partial charge in [-0.25, -0.2) is 17.5 Å². The van der Waals surface area contributed by atoms with E-state index < -0.39 is 10.0 Å². The van der Waals surface area contributed by atoms with Gasteiger partial charge in [0.15, 0.2) is 0 Å². The summed E-state index contributed by atoms with van der Waals surface area (Å²) in [4.78, 5) is 0.344. The molecule has 3 rings (SSSR count). The van der Waals surface area contributed by atoms with Crippen molar-refractivity contribution in [1.82, 2.24) is 4.72 Å². The summed E-state index contributed by atoms with van der Waals surface area (Å²) in [5.74, 6) is -0.254. The van der Waals surface area contributed by atoms with Gasteiger partial charge in [0.1, 0.15) is 5.82 Å². The molecular formula is C19H20FNO2S. The van der Waals surface area contributed by atoms with E-state index >= 15 is 0 Å². The van der Waals surface area contributed by atoms with Crippen LogP contribution in [-0.2, 0) is 16.6 Å². The van der Waals surface area contributed by atoms with E-state index in [2.05, 4.69) is 17.7 Å². The van der Waals surface area contributed by atoms with E-state index in [-0.39, 0.29) is 5.82 Å². The molecule has 0 aliphatic carbocycles. The summed E-state index contributed by atoms with van der Waals surface area (Å²) in [6.45, 7) is 4.30. The minimum absolute atomic E-state index is 0.254. The van der Waals surface area contributed by atoms with Gasteiger partial charge >= 0.3 is 0 Å². The van der Waals surface area contributed by atoms with Gasteiger partial charge in [-0.05, 0) is 65.4 Å². The molecule has 0 amide bonds. The number of rotatable bonds is 4. The lowest BCUT2D eigenvalue weighted by atomic mass is 9.92. The zero-order chi connectivity index (χ0) is 17.3. The summed E-state index contributed by atoms with van der Waals surface area (Å²) in [6.07, 6.45) is 4.04. The molecule has 126 valence electrons. The van der Waals surface area contributed by atoms with Crippen molar-refractivity contribution < 1.29 is 12.8 Å². The monoisotopic (exact) mass is 345 g/mol. The lowest BCUT2D eigenvalue weighted by Crippen LogP contribution is -2.13. The molecule has 1 N–H and O–H groups in total. The molecule has 0 fully saturated rings. The van der Waals surface area contributed by atoms with Crippen molar-refractivity contribution in [2.45, 2.75) is 38.1 Å². The lowest BCUT2D eigenvalue weighted by Gasteiger charge is -2.13. The highest BCUT2D eigenvalue weighted by molar-refractivity contribution is 7.89. The minimum Gasteiger partial charge on any atom is -0.207 e. The van der Waals surface area contributed by atoms with Gasteiger partial charge in [0, 0.05) is 6.54 Å². The Morgan fingerprint density at radius 2 is 2.04 bits per heavy atom. The topological polar surface area (TPSA) is 46.2 Å². The Labute approximate surface area is 142 Å². The molecule has 0 radical (unpaired) electrons. The van der Waals surface area contributed by atoms with E-state index in [1.54, 1.807) is 12.1 Å². The molecule has 0 spiro atoms. The van der Waals surface area contributed by atoms with Gasteiger partial charge in [0.25, 0.3) is 0 Å². The maximum Gasteiger partial charge on any atom is 0.241 e. The first-order valence-electron chi connectivity index (χ1n) is 8.02. The SMILES string of the molecule is CCCC=C(c1ccc2c(c1)CNS2(=O)=O)c1ccc(F)cc1C. The third kappa shape index (κ3) is 3.14. The van der Waals surface area contributed by atoms with Crippen LogP contribution < -0.4 is 4.72 Å². The van der Waals surface area contributed by atoms with Crippen LogP contribution in [0.5, 0.6) is 0 Å². The molecule has 24 heavy (non-hydrogen) atoms. The number of hydrogen-bond donors (Lipinski definition) is 1. The number of halogens is 1. The molecule has 5 heteroatoms. The fourth-order valence-electron chi connectivity index (χ4n) is 3.00. The van der Waals surface area contributed by atoms with E-state index in [4.69, 9.17) is 0 Å². The van der Waals surface area contributed by atoms with Crippen LogP contribution in [-0.4, -0.2) is 8.42 Å².